The van der Waals surface area contributed by atoms with Gasteiger partial charge in [0.25, 0.3) is 0 Å². The maximum absolute atomic E-state index is 13.5. The van der Waals surface area contributed by atoms with Crippen molar-refractivity contribution < 1.29 is 9.13 Å². The monoisotopic (exact) mass is 278 g/mol. The molecule has 1 aromatic rings. The number of anilines is 1. The number of halogens is 1. The molecule has 2 aliphatic rings. The van der Waals surface area contributed by atoms with Crippen molar-refractivity contribution in [3.05, 3.63) is 24.0 Å². The molecular weight excluding hydrogens is 255 g/mol. The third-order valence-corrected chi connectivity index (χ3v) is 4.20. The van der Waals surface area contributed by atoms with Crippen molar-refractivity contribution in [2.24, 2.45) is 11.7 Å². The van der Waals surface area contributed by atoms with Crippen LogP contribution in [0.4, 0.5) is 10.1 Å². The predicted octanol–water partition coefficient (Wildman–Crippen LogP) is 2.93. The molecule has 4 heteroatoms. The molecule has 0 bridgehead atoms. The Morgan fingerprint density at radius 1 is 1.30 bits per heavy atom. The lowest BCUT2D eigenvalue weighted by Crippen LogP contribution is -2.43. The summed E-state index contributed by atoms with van der Waals surface area (Å²) in [5, 5.41) is 0. The van der Waals surface area contributed by atoms with Gasteiger partial charge in [-0.1, -0.05) is 12.8 Å². The van der Waals surface area contributed by atoms with Gasteiger partial charge in [0.1, 0.15) is 11.6 Å². The van der Waals surface area contributed by atoms with Crippen LogP contribution in [0.3, 0.4) is 0 Å². The van der Waals surface area contributed by atoms with Crippen molar-refractivity contribution in [3.8, 4) is 5.75 Å². The molecule has 1 saturated heterocycles. The summed E-state index contributed by atoms with van der Waals surface area (Å²) in [5.41, 5.74) is 6.88. The Morgan fingerprint density at radius 3 is 2.90 bits per heavy atom. The molecule has 110 valence electrons. The van der Waals surface area contributed by atoms with Gasteiger partial charge in [0.05, 0.1) is 12.3 Å². The highest BCUT2D eigenvalue weighted by Gasteiger charge is 2.22. The van der Waals surface area contributed by atoms with E-state index in [1.165, 1.54) is 18.9 Å². The van der Waals surface area contributed by atoms with Crippen LogP contribution >= 0.6 is 0 Å². The first-order valence-electron chi connectivity index (χ1n) is 7.65. The Labute approximate surface area is 119 Å². The van der Waals surface area contributed by atoms with Crippen LogP contribution < -0.4 is 15.4 Å². The third kappa shape index (κ3) is 3.42. The van der Waals surface area contributed by atoms with E-state index in [1.807, 2.05) is 0 Å². The van der Waals surface area contributed by atoms with Crippen LogP contribution in [0.1, 0.15) is 32.1 Å². The average molecular weight is 278 g/mol. The van der Waals surface area contributed by atoms with Crippen molar-refractivity contribution >= 4 is 5.69 Å². The minimum absolute atomic E-state index is 0.173. The Kier molecular flexibility index (Phi) is 4.10. The molecule has 1 heterocycles. The second-order valence-electron chi connectivity index (χ2n) is 6.04. The normalized spacial score (nSPS) is 22.9. The van der Waals surface area contributed by atoms with Gasteiger partial charge in [0.15, 0.2) is 0 Å². The highest BCUT2D eigenvalue weighted by Crippen LogP contribution is 2.34. The first-order chi connectivity index (χ1) is 9.72. The zero-order valence-electron chi connectivity index (χ0n) is 11.9. The Bertz CT molecular complexity index is 462. The minimum atomic E-state index is -0.214. The number of nitrogens with zero attached hydrogens (tertiary/aromatic N) is 1. The molecule has 1 aromatic carbocycles. The van der Waals surface area contributed by atoms with E-state index in [9.17, 15) is 4.39 Å². The summed E-state index contributed by atoms with van der Waals surface area (Å²) in [5.74, 6) is 1.43. The van der Waals surface area contributed by atoms with Gasteiger partial charge in [0.2, 0.25) is 0 Å². The summed E-state index contributed by atoms with van der Waals surface area (Å²) in [6, 6.07) is 4.97. The molecule has 20 heavy (non-hydrogen) atoms. The Hall–Kier alpha value is -1.29. The van der Waals surface area contributed by atoms with Crippen LogP contribution in [0.5, 0.6) is 5.75 Å². The number of piperidine rings is 1. The van der Waals surface area contributed by atoms with Gasteiger partial charge in [-0.25, -0.2) is 4.39 Å². The second-order valence-corrected chi connectivity index (χ2v) is 6.04. The number of hydrogen-bond donors (Lipinski definition) is 1. The van der Waals surface area contributed by atoms with E-state index in [1.54, 1.807) is 12.1 Å². The van der Waals surface area contributed by atoms with Gasteiger partial charge in [0, 0.05) is 25.2 Å². The highest BCUT2D eigenvalue weighted by atomic mass is 19.1. The Balaban J connectivity index is 1.70. The van der Waals surface area contributed by atoms with Crippen molar-refractivity contribution in [3.63, 3.8) is 0 Å². The van der Waals surface area contributed by atoms with E-state index < -0.39 is 0 Å². The zero-order valence-corrected chi connectivity index (χ0v) is 11.9. The lowest BCUT2D eigenvalue weighted by molar-refractivity contribution is 0.301. The van der Waals surface area contributed by atoms with Crippen LogP contribution in [0.2, 0.25) is 0 Å². The smallest absolute Gasteiger partial charge is 0.142 e. The van der Waals surface area contributed by atoms with E-state index in [2.05, 4.69) is 4.90 Å². The molecule has 0 radical (unpaired) electrons. The van der Waals surface area contributed by atoms with Crippen molar-refractivity contribution in [1.29, 1.82) is 0 Å². The first-order valence-corrected chi connectivity index (χ1v) is 7.65. The molecule has 3 nitrogen and oxygen atoms in total. The van der Waals surface area contributed by atoms with E-state index in [4.69, 9.17) is 10.5 Å². The number of nitrogens with two attached hydrogens (primary N) is 1. The van der Waals surface area contributed by atoms with Crippen LogP contribution in [0.15, 0.2) is 18.2 Å². The summed E-state index contributed by atoms with van der Waals surface area (Å²) in [4.78, 5) is 2.16. The zero-order chi connectivity index (χ0) is 13.9. The fourth-order valence-electron chi connectivity index (χ4n) is 2.83. The van der Waals surface area contributed by atoms with Gasteiger partial charge in [-0.2, -0.15) is 0 Å². The quantitative estimate of drug-likeness (QED) is 0.900. The summed E-state index contributed by atoms with van der Waals surface area (Å²) in [6.07, 6.45) is 5.88. The van der Waals surface area contributed by atoms with Crippen molar-refractivity contribution in [2.75, 3.05) is 24.6 Å². The van der Waals surface area contributed by atoms with Gasteiger partial charge in [-0.15, -0.1) is 0 Å². The van der Waals surface area contributed by atoms with Crippen LogP contribution in [-0.4, -0.2) is 25.7 Å². The van der Waals surface area contributed by atoms with Crippen LogP contribution in [0.25, 0.3) is 0 Å². The summed E-state index contributed by atoms with van der Waals surface area (Å²) in [7, 11) is 0. The molecule has 2 N–H and O–H groups in total. The highest BCUT2D eigenvalue weighted by molar-refractivity contribution is 5.59. The minimum Gasteiger partial charge on any atom is -0.491 e. The molecular formula is C16H23FN2O. The third-order valence-electron chi connectivity index (χ3n) is 4.20. The number of hydrogen-bond acceptors (Lipinski definition) is 3. The molecule has 0 spiro atoms. The summed E-state index contributed by atoms with van der Waals surface area (Å²) < 4.78 is 19.4. The van der Waals surface area contributed by atoms with Crippen molar-refractivity contribution in [1.82, 2.24) is 0 Å². The first kappa shape index (κ1) is 13.7. The Morgan fingerprint density at radius 2 is 2.15 bits per heavy atom. The maximum atomic E-state index is 13.5. The second kappa shape index (κ2) is 6.00. The molecule has 1 aliphatic heterocycles. The molecule has 1 aliphatic carbocycles. The maximum Gasteiger partial charge on any atom is 0.142 e. The fraction of sp³-hybridized carbons (Fsp3) is 0.625. The van der Waals surface area contributed by atoms with E-state index in [0.29, 0.717) is 0 Å². The molecule has 2 fully saturated rings. The fourth-order valence-corrected chi connectivity index (χ4v) is 2.83. The predicted molar refractivity (Wildman–Crippen MR) is 78.7 cm³/mol. The van der Waals surface area contributed by atoms with Gasteiger partial charge >= 0.3 is 0 Å². The van der Waals surface area contributed by atoms with Crippen LogP contribution in [-0.2, 0) is 0 Å². The number of rotatable bonds is 5. The molecule has 0 amide bonds. The van der Waals surface area contributed by atoms with Gasteiger partial charge in [-0.3, -0.25) is 0 Å². The summed E-state index contributed by atoms with van der Waals surface area (Å²) >= 11 is 0. The van der Waals surface area contributed by atoms with E-state index in [-0.39, 0.29) is 11.9 Å². The number of ether oxygens (including phenoxy) is 1. The lowest BCUT2D eigenvalue weighted by Gasteiger charge is -2.33. The SMILES string of the molecule is NC1CCCN(c2cc(F)ccc2OCCC2CC2)C1. The lowest BCUT2D eigenvalue weighted by atomic mass is 10.1. The standard InChI is InChI=1S/C16H23FN2O/c17-13-5-6-16(20-9-7-12-3-4-12)15(10-13)19-8-1-2-14(18)11-19/h5-6,10,12,14H,1-4,7-9,11,18H2. The summed E-state index contributed by atoms with van der Waals surface area (Å²) in [6.45, 7) is 2.43. The topological polar surface area (TPSA) is 38.5 Å². The molecule has 0 aromatic heterocycles. The molecule has 1 unspecified atom stereocenters. The molecule has 1 atom stereocenters. The van der Waals surface area contributed by atoms with E-state index >= 15 is 0 Å². The van der Waals surface area contributed by atoms with Gasteiger partial charge < -0.3 is 15.4 Å². The van der Waals surface area contributed by atoms with Gasteiger partial charge in [-0.05, 0) is 37.3 Å². The van der Waals surface area contributed by atoms with Crippen molar-refractivity contribution in [2.45, 2.75) is 38.1 Å². The molecule has 1 saturated carbocycles. The number of benzene rings is 1. The van der Waals surface area contributed by atoms with E-state index in [0.717, 1.165) is 56.3 Å². The molecule has 3 rings (SSSR count). The largest absolute Gasteiger partial charge is 0.491 e. The average Bonchev–Trinajstić information content (AvgIpc) is 3.24. The van der Waals surface area contributed by atoms with Crippen LogP contribution in [0, 0.1) is 11.7 Å².